The Morgan fingerprint density at radius 2 is 2.43 bits per heavy atom. The van der Waals surface area contributed by atoms with Gasteiger partial charge in [-0.15, -0.1) is 0 Å². The van der Waals surface area contributed by atoms with E-state index in [4.69, 9.17) is 10.00 Å². The molecule has 0 saturated heterocycles. The summed E-state index contributed by atoms with van der Waals surface area (Å²) in [6.45, 7) is 0. The number of hydrogen-bond donors (Lipinski definition) is 1. The Balaban J connectivity index is 2.91. The minimum Gasteiger partial charge on any atom is -0.495 e. The van der Waals surface area contributed by atoms with Crippen LogP contribution < -0.4 is 4.74 Å². The van der Waals surface area contributed by atoms with Crippen molar-refractivity contribution in [2.24, 2.45) is 0 Å². The van der Waals surface area contributed by atoms with Crippen LogP contribution >= 0.6 is 15.9 Å². The van der Waals surface area contributed by atoms with Crippen LogP contribution in [0.1, 0.15) is 5.56 Å². The molecule has 0 saturated carbocycles. The molecule has 14 heavy (non-hydrogen) atoms. The second-order valence-electron chi connectivity index (χ2n) is 2.71. The maximum atomic E-state index is 8.97. The number of methoxy groups -OCH3 is 1. The Bertz CT molecular complexity index is 527. The molecule has 0 unspecified atom stereocenters. The van der Waals surface area contributed by atoms with Gasteiger partial charge in [0.25, 0.3) is 0 Å². The zero-order chi connectivity index (χ0) is 10.1. The van der Waals surface area contributed by atoms with Crippen molar-refractivity contribution in [3.05, 3.63) is 22.3 Å². The number of halogens is 1. The summed E-state index contributed by atoms with van der Waals surface area (Å²) in [5, 5.41) is 16.4. The van der Waals surface area contributed by atoms with E-state index in [0.717, 1.165) is 15.4 Å². The Morgan fingerprint density at radius 1 is 1.64 bits per heavy atom. The molecule has 0 spiro atoms. The predicted octanol–water partition coefficient (Wildman–Crippen LogP) is 2.21. The largest absolute Gasteiger partial charge is 0.495 e. The molecule has 4 nitrogen and oxygen atoms in total. The minimum absolute atomic E-state index is 0.499. The van der Waals surface area contributed by atoms with Gasteiger partial charge in [-0.05, 0) is 22.0 Å². The van der Waals surface area contributed by atoms with Gasteiger partial charge in [0.1, 0.15) is 17.4 Å². The number of nitrogens with zero attached hydrogens (tertiary/aromatic N) is 2. The first-order valence-corrected chi connectivity index (χ1v) is 4.67. The number of nitrogens with one attached hydrogen (secondary N) is 1. The van der Waals surface area contributed by atoms with E-state index in [1.165, 1.54) is 7.11 Å². The average molecular weight is 252 g/mol. The van der Waals surface area contributed by atoms with Gasteiger partial charge >= 0.3 is 0 Å². The molecule has 0 bridgehead atoms. The lowest BCUT2D eigenvalue weighted by Gasteiger charge is -2.04. The van der Waals surface area contributed by atoms with Gasteiger partial charge in [-0.1, -0.05) is 0 Å². The molecule has 0 fully saturated rings. The molecule has 1 aromatic heterocycles. The third-order valence-electron chi connectivity index (χ3n) is 1.98. The highest BCUT2D eigenvalue weighted by atomic mass is 79.9. The number of H-pyrrole nitrogens is 1. The first-order valence-electron chi connectivity index (χ1n) is 3.87. The van der Waals surface area contributed by atoms with Crippen LogP contribution in [-0.4, -0.2) is 17.3 Å². The second kappa shape index (κ2) is 3.31. The molecule has 0 radical (unpaired) electrons. The molecule has 1 heterocycles. The zero-order valence-corrected chi connectivity index (χ0v) is 8.92. The molecule has 2 rings (SSSR count). The molecule has 0 amide bonds. The van der Waals surface area contributed by atoms with Crippen LogP contribution in [0.4, 0.5) is 0 Å². The fraction of sp³-hybridized carbons (Fsp3) is 0.111. The highest BCUT2D eigenvalue weighted by Crippen LogP contribution is 2.32. The normalized spacial score (nSPS) is 10.1. The number of aromatic nitrogens is 2. The summed E-state index contributed by atoms with van der Waals surface area (Å²) >= 11 is 3.37. The highest BCUT2D eigenvalue weighted by Gasteiger charge is 2.12. The number of nitriles is 1. The van der Waals surface area contributed by atoms with Crippen LogP contribution in [0.2, 0.25) is 0 Å². The van der Waals surface area contributed by atoms with Crippen LogP contribution in [0.25, 0.3) is 10.9 Å². The standard InChI is InChI=1S/C9H6BrN3O/c1-14-8-2-7(10)9-6(4-12-13-9)5(8)3-11/h2,4H,1H3,(H,12,13). The van der Waals surface area contributed by atoms with Gasteiger partial charge < -0.3 is 4.74 Å². The van der Waals surface area contributed by atoms with Crippen LogP contribution in [0, 0.1) is 11.3 Å². The van der Waals surface area contributed by atoms with Gasteiger partial charge in [0.05, 0.1) is 18.8 Å². The lowest BCUT2D eigenvalue weighted by Crippen LogP contribution is -1.89. The first kappa shape index (κ1) is 9.03. The Hall–Kier alpha value is -1.54. The SMILES string of the molecule is COc1cc(Br)c2[nH]ncc2c1C#N. The van der Waals surface area contributed by atoms with Crippen molar-refractivity contribution in [2.45, 2.75) is 0 Å². The van der Waals surface area contributed by atoms with E-state index < -0.39 is 0 Å². The maximum Gasteiger partial charge on any atom is 0.138 e. The fourth-order valence-corrected chi connectivity index (χ4v) is 1.84. The minimum atomic E-state index is 0.499. The van der Waals surface area contributed by atoms with E-state index in [2.05, 4.69) is 32.2 Å². The summed E-state index contributed by atoms with van der Waals surface area (Å²) in [6, 6.07) is 3.85. The summed E-state index contributed by atoms with van der Waals surface area (Å²) in [7, 11) is 1.54. The summed E-state index contributed by atoms with van der Waals surface area (Å²) in [6.07, 6.45) is 1.61. The molecule has 1 aromatic carbocycles. The lowest BCUT2D eigenvalue weighted by molar-refractivity contribution is 0.414. The molecule has 0 aliphatic rings. The van der Waals surface area contributed by atoms with E-state index in [1.54, 1.807) is 12.3 Å². The molecular formula is C9H6BrN3O. The molecule has 1 N–H and O–H groups in total. The summed E-state index contributed by atoms with van der Waals surface area (Å²) in [4.78, 5) is 0. The number of hydrogen-bond acceptors (Lipinski definition) is 3. The van der Waals surface area contributed by atoms with E-state index in [-0.39, 0.29) is 0 Å². The number of aromatic amines is 1. The van der Waals surface area contributed by atoms with Gasteiger partial charge in [0.15, 0.2) is 0 Å². The number of benzene rings is 1. The predicted molar refractivity (Wildman–Crippen MR) is 55.1 cm³/mol. The summed E-state index contributed by atoms with van der Waals surface area (Å²) < 4.78 is 5.93. The third-order valence-corrected chi connectivity index (χ3v) is 2.61. The van der Waals surface area contributed by atoms with Crippen LogP contribution in [-0.2, 0) is 0 Å². The van der Waals surface area contributed by atoms with Gasteiger partial charge in [0, 0.05) is 9.86 Å². The van der Waals surface area contributed by atoms with Gasteiger partial charge in [0.2, 0.25) is 0 Å². The van der Waals surface area contributed by atoms with E-state index in [0.29, 0.717) is 11.3 Å². The van der Waals surface area contributed by atoms with Crippen molar-refractivity contribution < 1.29 is 4.74 Å². The summed E-state index contributed by atoms with van der Waals surface area (Å²) in [5.74, 6) is 0.549. The number of rotatable bonds is 1. The van der Waals surface area contributed by atoms with Crippen molar-refractivity contribution in [1.29, 1.82) is 5.26 Å². The quantitative estimate of drug-likeness (QED) is 0.846. The molecule has 0 aliphatic carbocycles. The Labute approximate surface area is 88.6 Å². The highest BCUT2D eigenvalue weighted by molar-refractivity contribution is 9.10. The molecular weight excluding hydrogens is 246 g/mol. The third kappa shape index (κ3) is 1.16. The van der Waals surface area contributed by atoms with E-state index in [9.17, 15) is 0 Å². The summed E-state index contributed by atoms with van der Waals surface area (Å²) in [5.41, 5.74) is 1.31. The van der Waals surface area contributed by atoms with Crippen LogP contribution in [0.3, 0.4) is 0 Å². The molecule has 0 aliphatic heterocycles. The first-order chi connectivity index (χ1) is 6.77. The van der Waals surface area contributed by atoms with Crippen molar-refractivity contribution >= 4 is 26.8 Å². The zero-order valence-electron chi connectivity index (χ0n) is 7.34. The molecule has 0 atom stereocenters. The Kier molecular flexibility index (Phi) is 2.14. The molecule has 2 aromatic rings. The smallest absolute Gasteiger partial charge is 0.138 e. The van der Waals surface area contributed by atoms with E-state index >= 15 is 0 Å². The number of ether oxygens (including phenoxy) is 1. The van der Waals surface area contributed by atoms with Crippen molar-refractivity contribution in [1.82, 2.24) is 10.2 Å². The lowest BCUT2D eigenvalue weighted by atomic mass is 10.1. The molecule has 5 heteroatoms. The fourth-order valence-electron chi connectivity index (χ4n) is 1.33. The van der Waals surface area contributed by atoms with E-state index in [1.807, 2.05) is 0 Å². The van der Waals surface area contributed by atoms with Gasteiger partial charge in [-0.25, -0.2) is 0 Å². The van der Waals surface area contributed by atoms with Crippen LogP contribution in [0.5, 0.6) is 5.75 Å². The Morgan fingerprint density at radius 3 is 3.07 bits per heavy atom. The van der Waals surface area contributed by atoms with Gasteiger partial charge in [-0.3, -0.25) is 5.10 Å². The number of fused-ring (bicyclic) bond motifs is 1. The van der Waals surface area contributed by atoms with Gasteiger partial charge in [-0.2, -0.15) is 10.4 Å². The van der Waals surface area contributed by atoms with Crippen molar-refractivity contribution in [3.8, 4) is 11.8 Å². The van der Waals surface area contributed by atoms with Crippen molar-refractivity contribution in [2.75, 3.05) is 7.11 Å². The second-order valence-corrected chi connectivity index (χ2v) is 3.56. The van der Waals surface area contributed by atoms with Crippen molar-refractivity contribution in [3.63, 3.8) is 0 Å². The monoisotopic (exact) mass is 251 g/mol. The maximum absolute atomic E-state index is 8.97. The average Bonchev–Trinajstić information content (AvgIpc) is 2.66. The van der Waals surface area contributed by atoms with Crippen LogP contribution in [0.15, 0.2) is 16.7 Å². The molecule has 70 valence electrons. The topological polar surface area (TPSA) is 61.7 Å².